The molecule has 3 N–H and O–H groups in total. The number of amides is 2. The van der Waals surface area contributed by atoms with Gasteiger partial charge in [-0.25, -0.2) is 0 Å². The number of fused-ring (bicyclic) bond motifs is 1. The number of hydrogen-bond acceptors (Lipinski definition) is 3. The molecule has 0 saturated heterocycles. The fraction of sp³-hybridized carbons (Fsp3) is 0.0625. The number of carbonyl (C=O) groups is 2. The summed E-state index contributed by atoms with van der Waals surface area (Å²) < 4.78 is 0. The fourth-order valence-corrected chi connectivity index (χ4v) is 2.28. The molecule has 2 aromatic carbocycles. The minimum absolute atomic E-state index is 0.482. The highest BCUT2D eigenvalue weighted by molar-refractivity contribution is 6.44. The average molecular weight is 329 g/mol. The van der Waals surface area contributed by atoms with Crippen LogP contribution in [-0.2, 0) is 9.59 Å². The van der Waals surface area contributed by atoms with Gasteiger partial charge in [0.05, 0.1) is 11.7 Å². The van der Waals surface area contributed by atoms with Gasteiger partial charge in [-0.2, -0.15) is 5.10 Å². The van der Waals surface area contributed by atoms with E-state index in [1.165, 1.54) is 0 Å². The summed E-state index contributed by atoms with van der Waals surface area (Å²) in [5.41, 5.74) is 2.59. The van der Waals surface area contributed by atoms with Crippen LogP contribution >= 0.6 is 11.6 Å². The molecular weight excluding hydrogens is 316 g/mol. The van der Waals surface area contributed by atoms with Crippen LogP contribution in [0.4, 0.5) is 11.4 Å². The summed E-state index contributed by atoms with van der Waals surface area (Å²) in [5.74, 6) is -1.52. The van der Waals surface area contributed by atoms with Gasteiger partial charge in [0.1, 0.15) is 0 Å². The Hall–Kier alpha value is -2.86. The molecule has 0 fully saturated rings. The first-order chi connectivity index (χ1) is 11.0. The number of anilines is 2. The number of benzene rings is 2. The van der Waals surface area contributed by atoms with Crippen LogP contribution in [0.1, 0.15) is 5.56 Å². The maximum Gasteiger partial charge on any atom is 0.314 e. The summed E-state index contributed by atoms with van der Waals surface area (Å²) in [5, 5.41) is 13.2. The highest BCUT2D eigenvalue weighted by Crippen LogP contribution is 2.20. The van der Waals surface area contributed by atoms with Crippen LogP contribution in [-0.4, -0.2) is 22.0 Å². The molecule has 0 radical (unpaired) electrons. The van der Waals surface area contributed by atoms with E-state index in [1.54, 1.807) is 42.6 Å². The van der Waals surface area contributed by atoms with E-state index in [-0.39, 0.29) is 0 Å². The minimum atomic E-state index is -0.764. The summed E-state index contributed by atoms with van der Waals surface area (Å²) in [4.78, 5) is 24.0. The van der Waals surface area contributed by atoms with Crippen LogP contribution in [0.25, 0.3) is 10.9 Å². The second-order valence-corrected chi connectivity index (χ2v) is 5.48. The third kappa shape index (κ3) is 3.32. The van der Waals surface area contributed by atoms with Gasteiger partial charge < -0.3 is 10.6 Å². The molecule has 23 heavy (non-hydrogen) atoms. The van der Waals surface area contributed by atoms with E-state index in [1.807, 2.05) is 6.92 Å². The molecule has 0 unspecified atom stereocenters. The lowest BCUT2D eigenvalue weighted by atomic mass is 10.2. The van der Waals surface area contributed by atoms with Crippen molar-refractivity contribution >= 4 is 45.7 Å². The first-order valence-corrected chi connectivity index (χ1v) is 7.22. The molecule has 3 rings (SSSR count). The van der Waals surface area contributed by atoms with E-state index < -0.39 is 11.8 Å². The Labute approximate surface area is 136 Å². The van der Waals surface area contributed by atoms with Crippen molar-refractivity contribution in [2.24, 2.45) is 0 Å². The number of H-pyrrole nitrogens is 1. The van der Waals surface area contributed by atoms with Gasteiger partial charge in [-0.15, -0.1) is 0 Å². The molecular formula is C16H13ClN4O2. The molecule has 3 aromatic rings. The predicted octanol–water partition coefficient (Wildman–Crippen LogP) is 3.10. The van der Waals surface area contributed by atoms with Crippen molar-refractivity contribution in [3.8, 4) is 0 Å². The Morgan fingerprint density at radius 3 is 2.70 bits per heavy atom. The number of aromatic nitrogens is 2. The summed E-state index contributed by atoms with van der Waals surface area (Å²) in [7, 11) is 0. The summed E-state index contributed by atoms with van der Waals surface area (Å²) in [6, 6.07) is 10.3. The molecule has 0 atom stereocenters. The number of hydrogen-bond donors (Lipinski definition) is 3. The van der Waals surface area contributed by atoms with Gasteiger partial charge in [0.15, 0.2) is 0 Å². The van der Waals surface area contributed by atoms with Crippen LogP contribution in [0.3, 0.4) is 0 Å². The van der Waals surface area contributed by atoms with E-state index in [0.717, 1.165) is 16.5 Å². The van der Waals surface area contributed by atoms with Gasteiger partial charge in [-0.1, -0.05) is 17.7 Å². The molecule has 0 bridgehead atoms. The number of aromatic amines is 1. The first-order valence-electron chi connectivity index (χ1n) is 6.84. The molecule has 7 heteroatoms. The number of nitrogens with zero attached hydrogens (tertiary/aromatic N) is 1. The molecule has 1 aromatic heterocycles. The Kier molecular flexibility index (Phi) is 3.99. The van der Waals surface area contributed by atoms with Crippen molar-refractivity contribution in [3.63, 3.8) is 0 Å². The van der Waals surface area contributed by atoms with Gasteiger partial charge in [-0.3, -0.25) is 14.7 Å². The Morgan fingerprint density at radius 1 is 1.09 bits per heavy atom. The van der Waals surface area contributed by atoms with Gasteiger partial charge in [0.2, 0.25) is 0 Å². The van der Waals surface area contributed by atoms with E-state index in [0.29, 0.717) is 16.4 Å². The maximum atomic E-state index is 12.0. The van der Waals surface area contributed by atoms with Crippen LogP contribution in [0, 0.1) is 6.92 Å². The van der Waals surface area contributed by atoms with Crippen LogP contribution in [0.5, 0.6) is 0 Å². The smallest absolute Gasteiger partial charge is 0.314 e. The van der Waals surface area contributed by atoms with E-state index >= 15 is 0 Å². The molecule has 2 amide bonds. The lowest BCUT2D eigenvalue weighted by Crippen LogP contribution is -2.29. The lowest BCUT2D eigenvalue weighted by molar-refractivity contribution is -0.133. The van der Waals surface area contributed by atoms with Gasteiger partial charge >= 0.3 is 11.8 Å². The zero-order valence-corrected chi connectivity index (χ0v) is 12.9. The fourth-order valence-electron chi connectivity index (χ4n) is 2.11. The van der Waals surface area contributed by atoms with E-state index in [2.05, 4.69) is 20.8 Å². The Bertz CT molecular complexity index is 904. The van der Waals surface area contributed by atoms with Crippen molar-refractivity contribution in [1.29, 1.82) is 0 Å². The molecule has 0 aliphatic heterocycles. The Morgan fingerprint density at radius 2 is 1.87 bits per heavy atom. The lowest BCUT2D eigenvalue weighted by Gasteiger charge is -2.09. The van der Waals surface area contributed by atoms with Crippen LogP contribution in [0.2, 0.25) is 5.02 Å². The molecule has 0 saturated carbocycles. The SMILES string of the molecule is Cc1ccc(Cl)cc1NC(=O)C(=O)Nc1ccc2cn[nH]c2c1. The predicted molar refractivity (Wildman–Crippen MR) is 89.5 cm³/mol. The molecule has 116 valence electrons. The molecule has 0 aliphatic carbocycles. The van der Waals surface area contributed by atoms with Crippen LogP contribution < -0.4 is 10.6 Å². The standard InChI is InChI=1S/C16H13ClN4O2/c1-9-2-4-11(17)6-13(9)20-16(23)15(22)19-12-5-3-10-8-18-21-14(10)7-12/h2-8H,1H3,(H,18,21)(H,19,22)(H,20,23). The van der Waals surface area contributed by atoms with Crippen molar-refractivity contribution in [2.45, 2.75) is 6.92 Å². The summed E-state index contributed by atoms with van der Waals surface area (Å²) in [6.45, 7) is 1.82. The molecule has 0 aliphatic rings. The van der Waals surface area contributed by atoms with Crippen molar-refractivity contribution in [1.82, 2.24) is 10.2 Å². The average Bonchev–Trinajstić information content (AvgIpc) is 2.98. The van der Waals surface area contributed by atoms with E-state index in [9.17, 15) is 9.59 Å². The normalized spacial score (nSPS) is 10.5. The van der Waals surface area contributed by atoms with E-state index in [4.69, 9.17) is 11.6 Å². The zero-order valence-electron chi connectivity index (χ0n) is 12.2. The second kappa shape index (κ2) is 6.10. The zero-order chi connectivity index (χ0) is 16.4. The summed E-state index contributed by atoms with van der Waals surface area (Å²) in [6.07, 6.45) is 1.68. The first kappa shape index (κ1) is 15.1. The quantitative estimate of drug-likeness (QED) is 0.632. The molecule has 0 spiro atoms. The maximum absolute atomic E-state index is 12.0. The van der Waals surface area contributed by atoms with Crippen molar-refractivity contribution in [3.05, 3.63) is 53.2 Å². The van der Waals surface area contributed by atoms with Crippen molar-refractivity contribution < 1.29 is 9.59 Å². The number of halogens is 1. The van der Waals surface area contributed by atoms with Gasteiger partial charge in [0, 0.05) is 21.8 Å². The van der Waals surface area contributed by atoms with Crippen LogP contribution in [0.15, 0.2) is 42.6 Å². The summed E-state index contributed by atoms with van der Waals surface area (Å²) >= 11 is 5.89. The minimum Gasteiger partial charge on any atom is -0.318 e. The highest BCUT2D eigenvalue weighted by Gasteiger charge is 2.15. The molecule has 6 nitrogen and oxygen atoms in total. The number of rotatable bonds is 2. The second-order valence-electron chi connectivity index (χ2n) is 5.04. The highest BCUT2D eigenvalue weighted by atomic mass is 35.5. The Balaban J connectivity index is 1.72. The van der Waals surface area contributed by atoms with Crippen molar-refractivity contribution in [2.75, 3.05) is 10.6 Å². The third-order valence-corrected chi connectivity index (χ3v) is 3.59. The molecule has 1 heterocycles. The topological polar surface area (TPSA) is 86.9 Å². The number of carbonyl (C=O) groups excluding carboxylic acids is 2. The number of aryl methyl sites for hydroxylation is 1. The third-order valence-electron chi connectivity index (χ3n) is 3.35. The van der Waals surface area contributed by atoms with Gasteiger partial charge in [-0.05, 0) is 42.8 Å². The monoisotopic (exact) mass is 328 g/mol. The largest absolute Gasteiger partial charge is 0.318 e. The number of nitrogens with one attached hydrogen (secondary N) is 3. The van der Waals surface area contributed by atoms with Gasteiger partial charge in [0.25, 0.3) is 0 Å².